The molecule has 1 aliphatic carbocycles. The highest BCUT2D eigenvalue weighted by atomic mass is 32.2. The lowest BCUT2D eigenvalue weighted by Crippen LogP contribution is -2.38. The largest absolute Gasteiger partial charge is 0.352 e. The van der Waals surface area contributed by atoms with E-state index in [1.807, 2.05) is 22.6 Å². The van der Waals surface area contributed by atoms with Crippen LogP contribution < -0.4 is 10.9 Å². The number of thioether (sulfide) groups is 1. The molecule has 2 unspecified atom stereocenters. The molecule has 164 valence electrons. The molecule has 7 nitrogen and oxygen atoms in total. The molecule has 0 spiro atoms. The van der Waals surface area contributed by atoms with Crippen LogP contribution in [0.15, 0.2) is 46.9 Å². The smallest absolute Gasteiger partial charge is 0.263 e. The Morgan fingerprint density at radius 2 is 2.16 bits per heavy atom. The zero-order valence-corrected chi connectivity index (χ0v) is 18.7. The minimum Gasteiger partial charge on any atom is -0.352 e. The second-order valence-corrected chi connectivity index (χ2v) is 9.08. The number of rotatable bonds is 9. The Hall–Kier alpha value is -2.61. The quantitative estimate of drug-likeness (QED) is 0.405. The van der Waals surface area contributed by atoms with E-state index >= 15 is 0 Å². The van der Waals surface area contributed by atoms with Gasteiger partial charge in [0.25, 0.3) is 5.56 Å². The van der Waals surface area contributed by atoms with Crippen LogP contribution in [0.25, 0.3) is 16.7 Å². The predicted molar refractivity (Wildman–Crippen MR) is 124 cm³/mol. The molecule has 2 atom stereocenters. The average Bonchev–Trinajstić information content (AvgIpc) is 3.40. The summed E-state index contributed by atoms with van der Waals surface area (Å²) in [7, 11) is 0. The summed E-state index contributed by atoms with van der Waals surface area (Å²) in [5.41, 5.74) is 0.621. The summed E-state index contributed by atoms with van der Waals surface area (Å²) in [6.45, 7) is 6.30. The number of aromatic nitrogens is 4. The van der Waals surface area contributed by atoms with Gasteiger partial charge < -0.3 is 5.32 Å². The van der Waals surface area contributed by atoms with Gasteiger partial charge in [-0.05, 0) is 37.3 Å². The maximum Gasteiger partial charge on any atom is 0.263 e. The third kappa shape index (κ3) is 4.39. The molecule has 1 aromatic carbocycles. The Labute approximate surface area is 185 Å². The topological polar surface area (TPSA) is 81.3 Å². The summed E-state index contributed by atoms with van der Waals surface area (Å²) in [4.78, 5) is 25.5. The Kier molecular flexibility index (Phi) is 6.75. The number of para-hydroxylation sites is 1. The summed E-state index contributed by atoms with van der Waals surface area (Å²) in [6, 6.07) is 7.69. The number of carbonyl (C=O) groups excluding carboxylic acids is 1. The first-order valence-corrected chi connectivity index (χ1v) is 12.0. The summed E-state index contributed by atoms with van der Waals surface area (Å²) < 4.78 is 3.42. The molecule has 2 heterocycles. The second-order valence-electron chi connectivity index (χ2n) is 8.14. The molecular weight excluding hydrogens is 410 g/mol. The summed E-state index contributed by atoms with van der Waals surface area (Å²) in [6.07, 6.45) is 8.73. The molecule has 4 rings (SSSR count). The van der Waals surface area contributed by atoms with Crippen LogP contribution >= 0.6 is 11.8 Å². The molecule has 1 aliphatic rings. The van der Waals surface area contributed by atoms with E-state index in [-0.39, 0.29) is 23.3 Å². The molecule has 0 saturated heterocycles. The van der Waals surface area contributed by atoms with E-state index in [0.29, 0.717) is 28.8 Å². The standard InChI is InChI=1S/C23H29N5O2S/c1-3-5-9-16-10-8-12-18(16)24-20(29)15-31-23-26-25-22-27(14-4-2)21(30)17-11-6-7-13-19(17)28(22)23/h4,6-7,11,13,16,18H,2-3,5,8-10,12,14-15H2,1H3,(H,24,29). The lowest BCUT2D eigenvalue weighted by atomic mass is 9.97. The van der Waals surface area contributed by atoms with Crippen LogP contribution in [0.4, 0.5) is 0 Å². The fourth-order valence-electron chi connectivity index (χ4n) is 4.54. The van der Waals surface area contributed by atoms with Crippen LogP contribution in [-0.2, 0) is 11.3 Å². The number of unbranched alkanes of at least 4 members (excludes halogenated alkanes) is 1. The van der Waals surface area contributed by atoms with Gasteiger partial charge in [0.1, 0.15) is 0 Å². The minimum absolute atomic E-state index is 0.0267. The number of nitrogens with zero attached hydrogens (tertiary/aromatic N) is 4. The van der Waals surface area contributed by atoms with Crippen molar-refractivity contribution in [2.45, 2.75) is 63.2 Å². The van der Waals surface area contributed by atoms with Crippen molar-refractivity contribution >= 4 is 34.3 Å². The van der Waals surface area contributed by atoms with E-state index in [2.05, 4.69) is 29.0 Å². The van der Waals surface area contributed by atoms with Gasteiger partial charge in [0.2, 0.25) is 11.7 Å². The van der Waals surface area contributed by atoms with Gasteiger partial charge in [-0.15, -0.1) is 16.8 Å². The highest BCUT2D eigenvalue weighted by Gasteiger charge is 2.28. The monoisotopic (exact) mass is 439 g/mol. The fourth-order valence-corrected chi connectivity index (χ4v) is 5.29. The first-order valence-electron chi connectivity index (χ1n) is 11.0. The minimum atomic E-state index is -0.121. The molecule has 31 heavy (non-hydrogen) atoms. The number of benzene rings is 1. The first-order chi connectivity index (χ1) is 15.1. The predicted octanol–water partition coefficient (Wildman–Crippen LogP) is 3.80. The number of amides is 1. The zero-order valence-electron chi connectivity index (χ0n) is 17.9. The first kappa shape index (κ1) is 21.6. The summed E-state index contributed by atoms with van der Waals surface area (Å²) in [5.74, 6) is 1.35. The molecule has 0 aliphatic heterocycles. The Bertz CT molecular complexity index is 1150. The third-order valence-corrected chi connectivity index (χ3v) is 6.99. The van der Waals surface area contributed by atoms with Crippen LogP contribution in [0.1, 0.15) is 45.4 Å². The van der Waals surface area contributed by atoms with E-state index < -0.39 is 0 Å². The molecule has 8 heteroatoms. The lowest BCUT2D eigenvalue weighted by molar-refractivity contribution is -0.119. The van der Waals surface area contributed by atoms with Gasteiger partial charge in [0, 0.05) is 12.6 Å². The molecule has 0 radical (unpaired) electrons. The molecular formula is C23H29N5O2S. The van der Waals surface area contributed by atoms with Crippen LogP contribution in [0.3, 0.4) is 0 Å². The number of hydrogen-bond donors (Lipinski definition) is 1. The van der Waals surface area contributed by atoms with Crippen LogP contribution in [0.5, 0.6) is 0 Å². The maximum absolute atomic E-state index is 12.9. The van der Waals surface area contributed by atoms with E-state index in [9.17, 15) is 9.59 Å². The van der Waals surface area contributed by atoms with Gasteiger partial charge in [0.15, 0.2) is 5.16 Å². The highest BCUT2D eigenvalue weighted by Crippen LogP contribution is 2.30. The van der Waals surface area contributed by atoms with Gasteiger partial charge in [-0.25, -0.2) is 0 Å². The highest BCUT2D eigenvalue weighted by molar-refractivity contribution is 7.99. The van der Waals surface area contributed by atoms with Gasteiger partial charge in [-0.2, -0.15) is 0 Å². The molecule has 3 aromatic rings. The molecule has 0 bridgehead atoms. The van der Waals surface area contributed by atoms with E-state index in [0.717, 1.165) is 11.9 Å². The van der Waals surface area contributed by atoms with Gasteiger partial charge in [0.05, 0.1) is 16.7 Å². The normalized spacial score (nSPS) is 18.6. The number of fused-ring (bicyclic) bond motifs is 3. The van der Waals surface area contributed by atoms with Crippen molar-refractivity contribution in [3.05, 3.63) is 47.3 Å². The molecule has 2 aromatic heterocycles. The number of allylic oxidation sites excluding steroid dienone is 1. The van der Waals surface area contributed by atoms with Gasteiger partial charge in [-0.3, -0.25) is 18.6 Å². The van der Waals surface area contributed by atoms with Crippen molar-refractivity contribution in [3.8, 4) is 0 Å². The molecule has 1 saturated carbocycles. The van der Waals surface area contributed by atoms with Crippen molar-refractivity contribution in [2.75, 3.05) is 5.75 Å². The lowest BCUT2D eigenvalue weighted by Gasteiger charge is -2.20. The van der Waals surface area contributed by atoms with Gasteiger partial charge >= 0.3 is 0 Å². The van der Waals surface area contributed by atoms with Gasteiger partial charge in [-0.1, -0.05) is 56.2 Å². The average molecular weight is 440 g/mol. The third-order valence-electron chi connectivity index (χ3n) is 6.06. The van der Waals surface area contributed by atoms with Crippen molar-refractivity contribution in [1.29, 1.82) is 0 Å². The molecule has 1 fully saturated rings. The summed E-state index contributed by atoms with van der Waals surface area (Å²) in [5, 5.41) is 13.0. The number of nitrogens with one attached hydrogen (secondary N) is 1. The van der Waals surface area contributed by atoms with Crippen LogP contribution in [-0.4, -0.2) is 36.9 Å². The second kappa shape index (κ2) is 9.68. The zero-order chi connectivity index (χ0) is 21.8. The Morgan fingerprint density at radius 3 is 2.97 bits per heavy atom. The Balaban J connectivity index is 1.55. The summed E-state index contributed by atoms with van der Waals surface area (Å²) >= 11 is 1.35. The van der Waals surface area contributed by atoms with E-state index in [4.69, 9.17) is 0 Å². The SMILES string of the molecule is C=CCn1c(=O)c2ccccc2n2c(SCC(=O)NC3CCCC3CCCC)nnc12. The van der Waals surface area contributed by atoms with Crippen LogP contribution in [0.2, 0.25) is 0 Å². The number of carbonyl (C=O) groups is 1. The van der Waals surface area contributed by atoms with Crippen molar-refractivity contribution < 1.29 is 4.79 Å². The molecule has 1 N–H and O–H groups in total. The molecule has 1 amide bonds. The number of hydrogen-bond acceptors (Lipinski definition) is 5. The van der Waals surface area contributed by atoms with E-state index in [1.165, 1.54) is 43.9 Å². The van der Waals surface area contributed by atoms with Crippen molar-refractivity contribution in [2.24, 2.45) is 5.92 Å². The van der Waals surface area contributed by atoms with E-state index in [1.54, 1.807) is 16.7 Å². The maximum atomic E-state index is 12.9. The fraction of sp³-hybridized carbons (Fsp3) is 0.478. The Morgan fingerprint density at radius 1 is 1.32 bits per heavy atom. The van der Waals surface area contributed by atoms with Crippen molar-refractivity contribution in [1.82, 2.24) is 24.5 Å². The van der Waals surface area contributed by atoms with Crippen molar-refractivity contribution in [3.63, 3.8) is 0 Å². The van der Waals surface area contributed by atoms with Crippen LogP contribution in [0, 0.1) is 5.92 Å².